The van der Waals surface area contributed by atoms with E-state index in [1.807, 2.05) is 13.8 Å². The number of likely N-dealkylation sites (N-methyl/N-ethyl adjacent to an activating group) is 1. The summed E-state index contributed by atoms with van der Waals surface area (Å²) in [5.74, 6) is 0.0667. The zero-order valence-electron chi connectivity index (χ0n) is 8.73. The lowest BCUT2D eigenvalue weighted by atomic mass is 10.1. The summed E-state index contributed by atoms with van der Waals surface area (Å²) >= 11 is 0. The number of hydrogen-bond acceptors (Lipinski definition) is 3. The number of hydrogen-bond donors (Lipinski definition) is 0. The van der Waals surface area contributed by atoms with Crippen molar-refractivity contribution in [2.45, 2.75) is 20.3 Å². The number of carbonyl (C=O) groups is 1. The Morgan fingerprint density at radius 2 is 2.00 bits per heavy atom. The maximum atomic E-state index is 11.5. The molecule has 0 aromatic rings. The fraction of sp³-hybridized carbons (Fsp3) is 0.875. The molecule has 5 nitrogen and oxygen atoms in total. The average Bonchev–Trinajstić information content (AvgIpc) is 2.20. The van der Waals surface area contributed by atoms with Gasteiger partial charge in [0.2, 0.25) is 0 Å². The monoisotopic (exact) mass is 220 g/mol. The van der Waals surface area contributed by atoms with Crippen molar-refractivity contribution in [3.8, 4) is 0 Å². The summed E-state index contributed by atoms with van der Waals surface area (Å²) < 4.78 is 25.1. The van der Waals surface area contributed by atoms with Crippen molar-refractivity contribution in [1.29, 1.82) is 0 Å². The molecule has 0 radical (unpaired) electrons. The molecule has 82 valence electrons. The number of nitrogens with zero attached hydrogens (tertiary/aromatic N) is 2. The van der Waals surface area contributed by atoms with Gasteiger partial charge in [-0.2, -0.15) is 12.7 Å². The van der Waals surface area contributed by atoms with Gasteiger partial charge in [0.1, 0.15) is 0 Å². The molecule has 1 rings (SSSR count). The molecule has 0 unspecified atom stereocenters. The summed E-state index contributed by atoms with van der Waals surface area (Å²) in [5, 5.41) is 0. The Labute approximate surface area is 84.9 Å². The van der Waals surface area contributed by atoms with Gasteiger partial charge in [0.15, 0.2) is 0 Å². The summed E-state index contributed by atoms with van der Waals surface area (Å²) in [4.78, 5) is 11.3. The molecule has 0 bridgehead atoms. The summed E-state index contributed by atoms with van der Waals surface area (Å²) in [5.41, 5.74) is 0. The van der Waals surface area contributed by atoms with E-state index < -0.39 is 10.2 Å². The van der Waals surface area contributed by atoms with Gasteiger partial charge in [0.05, 0.1) is 6.54 Å². The van der Waals surface area contributed by atoms with E-state index in [2.05, 4.69) is 0 Å². The summed E-state index contributed by atoms with van der Waals surface area (Å²) in [6.45, 7) is 4.26. The lowest BCUT2D eigenvalue weighted by Crippen LogP contribution is -2.34. The van der Waals surface area contributed by atoms with Crippen LogP contribution in [0.5, 0.6) is 0 Å². The van der Waals surface area contributed by atoms with Crippen molar-refractivity contribution in [2.24, 2.45) is 5.92 Å². The molecule has 0 aromatic carbocycles. The Morgan fingerprint density at radius 1 is 1.43 bits per heavy atom. The highest BCUT2D eigenvalue weighted by Crippen LogP contribution is 2.16. The standard InChI is InChI=1S/C8H16N2O3S/c1-7(2)4-5-10-8(11)6-9(3)14(10,12)13/h7H,4-6H2,1-3H3. The van der Waals surface area contributed by atoms with Gasteiger partial charge in [-0.15, -0.1) is 0 Å². The molecule has 0 spiro atoms. The Balaban J connectivity index is 2.73. The number of carbonyl (C=O) groups excluding carboxylic acids is 1. The highest BCUT2D eigenvalue weighted by molar-refractivity contribution is 7.87. The van der Waals surface area contributed by atoms with Crippen LogP contribution < -0.4 is 0 Å². The molecule has 1 saturated heterocycles. The molecule has 6 heteroatoms. The van der Waals surface area contributed by atoms with E-state index in [1.54, 1.807) is 0 Å². The fourth-order valence-electron chi connectivity index (χ4n) is 1.26. The first-order chi connectivity index (χ1) is 6.35. The van der Waals surface area contributed by atoms with Crippen LogP contribution in [0.1, 0.15) is 20.3 Å². The van der Waals surface area contributed by atoms with E-state index in [0.29, 0.717) is 18.9 Å². The Bertz CT molecular complexity index is 323. The predicted octanol–water partition coefficient (Wildman–Crippen LogP) is 0.0513. The molecule has 0 aromatic heterocycles. The van der Waals surface area contributed by atoms with Crippen molar-refractivity contribution in [2.75, 3.05) is 20.1 Å². The minimum Gasteiger partial charge on any atom is -0.272 e. The molecule has 1 heterocycles. The van der Waals surface area contributed by atoms with Crippen LogP contribution in [0.2, 0.25) is 0 Å². The van der Waals surface area contributed by atoms with Crippen molar-refractivity contribution in [3.63, 3.8) is 0 Å². The molecular formula is C8H16N2O3S. The van der Waals surface area contributed by atoms with Gasteiger partial charge >= 0.3 is 10.2 Å². The maximum Gasteiger partial charge on any atom is 0.306 e. The number of rotatable bonds is 3. The van der Waals surface area contributed by atoms with Gasteiger partial charge in [-0.05, 0) is 12.3 Å². The second kappa shape index (κ2) is 3.86. The second-order valence-electron chi connectivity index (χ2n) is 3.91. The van der Waals surface area contributed by atoms with Gasteiger partial charge in [0, 0.05) is 13.6 Å². The van der Waals surface area contributed by atoms with E-state index in [-0.39, 0.29) is 12.5 Å². The van der Waals surface area contributed by atoms with Crippen LogP contribution in [-0.2, 0) is 15.0 Å². The Morgan fingerprint density at radius 3 is 2.36 bits per heavy atom. The number of amides is 1. The zero-order valence-corrected chi connectivity index (χ0v) is 9.54. The van der Waals surface area contributed by atoms with Crippen LogP contribution in [0.4, 0.5) is 0 Å². The molecule has 1 fully saturated rings. The van der Waals surface area contributed by atoms with Crippen molar-refractivity contribution >= 4 is 16.1 Å². The zero-order chi connectivity index (χ0) is 10.9. The molecule has 1 aliphatic rings. The van der Waals surface area contributed by atoms with Gasteiger partial charge < -0.3 is 0 Å². The van der Waals surface area contributed by atoms with Crippen molar-refractivity contribution in [1.82, 2.24) is 8.61 Å². The van der Waals surface area contributed by atoms with Crippen LogP contribution in [-0.4, -0.2) is 43.1 Å². The molecule has 0 atom stereocenters. The van der Waals surface area contributed by atoms with Crippen molar-refractivity contribution in [3.05, 3.63) is 0 Å². The first-order valence-corrected chi connectivity index (χ1v) is 6.02. The van der Waals surface area contributed by atoms with E-state index in [4.69, 9.17) is 0 Å². The van der Waals surface area contributed by atoms with E-state index >= 15 is 0 Å². The molecule has 0 N–H and O–H groups in total. The summed E-state index contributed by atoms with van der Waals surface area (Å²) in [6.07, 6.45) is 0.707. The third-order valence-electron chi connectivity index (χ3n) is 2.22. The third kappa shape index (κ3) is 2.06. The van der Waals surface area contributed by atoms with E-state index in [1.165, 1.54) is 7.05 Å². The smallest absolute Gasteiger partial charge is 0.272 e. The Hall–Kier alpha value is -0.620. The van der Waals surface area contributed by atoms with E-state index in [0.717, 1.165) is 8.61 Å². The molecular weight excluding hydrogens is 204 g/mol. The minimum atomic E-state index is -3.49. The summed E-state index contributed by atoms with van der Waals surface area (Å²) in [6, 6.07) is 0. The normalized spacial score (nSPS) is 22.3. The van der Waals surface area contributed by atoms with Gasteiger partial charge in [0.25, 0.3) is 5.91 Å². The van der Waals surface area contributed by atoms with Crippen LogP contribution in [0.15, 0.2) is 0 Å². The summed E-state index contributed by atoms with van der Waals surface area (Å²) in [7, 11) is -2.07. The Kier molecular flexibility index (Phi) is 3.16. The van der Waals surface area contributed by atoms with Gasteiger partial charge in [-0.1, -0.05) is 13.8 Å². The molecule has 0 aliphatic carbocycles. The fourth-order valence-corrected chi connectivity index (χ4v) is 2.52. The molecule has 14 heavy (non-hydrogen) atoms. The average molecular weight is 220 g/mol. The van der Waals surface area contributed by atoms with Crippen LogP contribution >= 0.6 is 0 Å². The van der Waals surface area contributed by atoms with E-state index in [9.17, 15) is 13.2 Å². The highest BCUT2D eigenvalue weighted by Gasteiger charge is 2.39. The lowest BCUT2D eigenvalue weighted by Gasteiger charge is -2.16. The molecule has 1 aliphatic heterocycles. The van der Waals surface area contributed by atoms with Gasteiger partial charge in [-0.25, -0.2) is 4.31 Å². The predicted molar refractivity (Wildman–Crippen MR) is 52.7 cm³/mol. The van der Waals surface area contributed by atoms with Crippen molar-refractivity contribution < 1.29 is 13.2 Å². The SMILES string of the molecule is CC(C)CCN1C(=O)CN(C)S1(=O)=O. The second-order valence-corrected chi connectivity index (χ2v) is 5.87. The largest absolute Gasteiger partial charge is 0.306 e. The maximum absolute atomic E-state index is 11.5. The highest BCUT2D eigenvalue weighted by atomic mass is 32.2. The van der Waals surface area contributed by atoms with Crippen LogP contribution in [0, 0.1) is 5.92 Å². The topological polar surface area (TPSA) is 57.7 Å². The van der Waals surface area contributed by atoms with Crippen LogP contribution in [0.3, 0.4) is 0 Å². The van der Waals surface area contributed by atoms with Crippen LogP contribution in [0.25, 0.3) is 0 Å². The third-order valence-corrected chi connectivity index (χ3v) is 4.08. The lowest BCUT2D eigenvalue weighted by molar-refractivity contribution is -0.124. The van der Waals surface area contributed by atoms with Gasteiger partial charge in [-0.3, -0.25) is 4.79 Å². The first-order valence-electron chi connectivity index (χ1n) is 4.62. The quantitative estimate of drug-likeness (QED) is 0.675. The first kappa shape index (κ1) is 11.5. The molecule has 0 saturated carbocycles. The molecule has 1 amide bonds. The minimum absolute atomic E-state index is 0.0274.